The van der Waals surface area contributed by atoms with Crippen LogP contribution in [0.1, 0.15) is 26.3 Å². The molecular weight excluding hydrogens is 332 g/mol. The van der Waals surface area contributed by atoms with E-state index in [1.807, 2.05) is 54.3 Å². The average Bonchev–Trinajstić information content (AvgIpc) is 3.03. The van der Waals surface area contributed by atoms with Gasteiger partial charge in [-0.2, -0.15) is 4.98 Å². The van der Waals surface area contributed by atoms with Gasteiger partial charge in [-0.15, -0.1) is 0 Å². The molecule has 26 heavy (non-hydrogen) atoms. The van der Waals surface area contributed by atoms with Crippen molar-refractivity contribution in [2.45, 2.75) is 32.9 Å². The summed E-state index contributed by atoms with van der Waals surface area (Å²) in [6.07, 6.45) is 0. The molecule has 0 bridgehead atoms. The lowest BCUT2D eigenvalue weighted by molar-refractivity contribution is -0.152. The van der Waals surface area contributed by atoms with Crippen molar-refractivity contribution in [3.05, 3.63) is 54.1 Å². The van der Waals surface area contributed by atoms with Gasteiger partial charge in [0.15, 0.2) is 11.2 Å². The molecule has 0 radical (unpaired) electrons. The van der Waals surface area contributed by atoms with Crippen LogP contribution in [-0.2, 0) is 11.3 Å². The largest absolute Gasteiger partial charge is 0.478 e. The lowest BCUT2D eigenvalue weighted by atomic mass is 10.1. The number of hydrogen-bond donors (Lipinski definition) is 1. The molecule has 136 valence electrons. The van der Waals surface area contributed by atoms with Crippen LogP contribution in [-0.4, -0.2) is 28.2 Å². The normalized spacial score (nSPS) is 11.5. The quantitative estimate of drug-likeness (QED) is 0.688. The molecule has 1 N–H and O–H groups in total. The molecule has 3 rings (SSSR count). The van der Waals surface area contributed by atoms with Crippen molar-refractivity contribution in [1.82, 2.24) is 4.98 Å². The van der Waals surface area contributed by atoms with E-state index in [4.69, 9.17) is 9.15 Å². The predicted octanol–water partition coefficient (Wildman–Crippen LogP) is 4.10. The first kappa shape index (κ1) is 17.8. The first-order valence-electron chi connectivity index (χ1n) is 8.51. The fourth-order valence-electron chi connectivity index (χ4n) is 2.58. The van der Waals surface area contributed by atoms with Gasteiger partial charge in [-0.3, -0.25) is 0 Å². The lowest BCUT2D eigenvalue weighted by Gasteiger charge is -2.23. The first-order chi connectivity index (χ1) is 12.4. The van der Waals surface area contributed by atoms with Gasteiger partial charge in [0.2, 0.25) is 0 Å². The van der Waals surface area contributed by atoms with Crippen LogP contribution in [0, 0.1) is 0 Å². The van der Waals surface area contributed by atoms with Gasteiger partial charge in [-0.1, -0.05) is 24.3 Å². The van der Waals surface area contributed by atoms with Crippen LogP contribution in [0.15, 0.2) is 52.9 Å². The minimum Gasteiger partial charge on any atom is -0.478 e. The van der Waals surface area contributed by atoms with E-state index < -0.39 is 11.6 Å². The Labute approximate surface area is 152 Å². The van der Waals surface area contributed by atoms with Crippen molar-refractivity contribution in [2.24, 2.45) is 0 Å². The molecule has 0 aliphatic rings. The van der Waals surface area contributed by atoms with Gasteiger partial charge in [0.25, 0.3) is 6.01 Å². The van der Waals surface area contributed by atoms with E-state index in [0.29, 0.717) is 18.3 Å². The number of hydrogen-bond acceptors (Lipinski definition) is 5. The maximum absolute atomic E-state index is 11.3. The van der Waals surface area contributed by atoms with Crippen LogP contribution in [0.5, 0.6) is 5.75 Å². The molecule has 0 aliphatic carbocycles. The molecule has 3 aromatic rings. The zero-order valence-corrected chi connectivity index (χ0v) is 15.1. The third-order valence-electron chi connectivity index (χ3n) is 4.09. The summed E-state index contributed by atoms with van der Waals surface area (Å²) in [7, 11) is 0. The predicted molar refractivity (Wildman–Crippen MR) is 99.5 cm³/mol. The van der Waals surface area contributed by atoms with E-state index in [0.717, 1.165) is 23.2 Å². The summed E-state index contributed by atoms with van der Waals surface area (Å²) in [5, 5.41) is 9.22. The number of aliphatic carboxylic acids is 1. The summed E-state index contributed by atoms with van der Waals surface area (Å²) in [6.45, 7) is 6.38. The number of ether oxygens (including phenoxy) is 1. The Morgan fingerprint density at radius 3 is 2.69 bits per heavy atom. The highest BCUT2D eigenvalue weighted by molar-refractivity contribution is 5.76. The number of nitrogens with zero attached hydrogens (tertiary/aromatic N) is 2. The summed E-state index contributed by atoms with van der Waals surface area (Å²) in [4.78, 5) is 17.8. The Morgan fingerprint density at radius 1 is 1.23 bits per heavy atom. The van der Waals surface area contributed by atoms with Crippen molar-refractivity contribution in [3.8, 4) is 5.75 Å². The highest BCUT2D eigenvalue weighted by Gasteiger charge is 2.29. The highest BCUT2D eigenvalue weighted by Crippen LogP contribution is 2.25. The van der Waals surface area contributed by atoms with Crippen LogP contribution in [0.3, 0.4) is 0 Å². The third-order valence-corrected chi connectivity index (χ3v) is 4.09. The number of aromatic nitrogens is 1. The van der Waals surface area contributed by atoms with E-state index in [1.54, 1.807) is 6.07 Å². The van der Waals surface area contributed by atoms with Crippen LogP contribution >= 0.6 is 0 Å². The standard InChI is InChI=1S/C20H22N2O4/c1-4-22(19-21-16-10-5-6-11-17(16)25-19)13-14-8-7-9-15(12-14)26-20(2,3)18(23)24/h5-12H,4,13H2,1-3H3,(H,23,24). The Hall–Kier alpha value is -3.02. The second-order valence-electron chi connectivity index (χ2n) is 6.54. The zero-order chi connectivity index (χ0) is 18.7. The summed E-state index contributed by atoms with van der Waals surface area (Å²) in [5.74, 6) is -0.493. The highest BCUT2D eigenvalue weighted by atomic mass is 16.5. The number of carbonyl (C=O) groups is 1. The van der Waals surface area contributed by atoms with Crippen LogP contribution in [0.25, 0.3) is 11.1 Å². The Bertz CT molecular complexity index is 884. The van der Waals surface area contributed by atoms with Gasteiger partial charge >= 0.3 is 5.97 Å². The van der Waals surface area contributed by atoms with E-state index in [9.17, 15) is 9.90 Å². The summed E-state index contributed by atoms with van der Waals surface area (Å²) < 4.78 is 11.5. The molecular formula is C20H22N2O4. The Morgan fingerprint density at radius 2 is 2.00 bits per heavy atom. The van der Waals surface area contributed by atoms with Crippen molar-refractivity contribution in [3.63, 3.8) is 0 Å². The summed E-state index contributed by atoms with van der Waals surface area (Å²) >= 11 is 0. The molecule has 0 amide bonds. The van der Waals surface area contributed by atoms with Crippen LogP contribution < -0.4 is 9.64 Å². The number of carboxylic acid groups (broad SMARTS) is 1. The van der Waals surface area contributed by atoms with E-state index >= 15 is 0 Å². The molecule has 1 aromatic heterocycles. The Kier molecular flexibility index (Phi) is 4.84. The molecule has 0 unspecified atom stereocenters. The molecule has 0 aliphatic heterocycles. The fourth-order valence-corrected chi connectivity index (χ4v) is 2.58. The maximum atomic E-state index is 11.3. The van der Waals surface area contributed by atoms with Gasteiger partial charge < -0.3 is 19.2 Å². The average molecular weight is 354 g/mol. The SMILES string of the molecule is CCN(Cc1cccc(OC(C)(C)C(=O)O)c1)c1nc2ccccc2o1. The molecule has 2 aromatic carbocycles. The number of benzene rings is 2. The van der Waals surface area contributed by atoms with Crippen LogP contribution in [0.4, 0.5) is 6.01 Å². The van der Waals surface area contributed by atoms with Gasteiger partial charge in [0.1, 0.15) is 11.3 Å². The van der Waals surface area contributed by atoms with Crippen molar-refractivity contribution >= 4 is 23.1 Å². The van der Waals surface area contributed by atoms with Crippen molar-refractivity contribution in [2.75, 3.05) is 11.4 Å². The van der Waals surface area contributed by atoms with E-state index in [2.05, 4.69) is 4.98 Å². The molecule has 0 saturated carbocycles. The number of anilines is 1. The molecule has 6 nitrogen and oxygen atoms in total. The second-order valence-corrected chi connectivity index (χ2v) is 6.54. The minimum absolute atomic E-state index is 0.517. The third kappa shape index (κ3) is 3.79. The molecule has 0 fully saturated rings. The number of fused-ring (bicyclic) bond motifs is 1. The molecule has 0 saturated heterocycles. The van der Waals surface area contributed by atoms with E-state index in [1.165, 1.54) is 13.8 Å². The van der Waals surface area contributed by atoms with Gasteiger partial charge in [0, 0.05) is 13.1 Å². The number of oxazole rings is 1. The minimum atomic E-state index is -1.29. The fraction of sp³-hybridized carbons (Fsp3) is 0.300. The zero-order valence-electron chi connectivity index (χ0n) is 15.1. The number of para-hydroxylation sites is 2. The smallest absolute Gasteiger partial charge is 0.347 e. The van der Waals surface area contributed by atoms with Crippen molar-refractivity contribution < 1.29 is 19.1 Å². The topological polar surface area (TPSA) is 75.8 Å². The lowest BCUT2D eigenvalue weighted by Crippen LogP contribution is -2.37. The second kappa shape index (κ2) is 7.07. The van der Waals surface area contributed by atoms with Gasteiger partial charge in [-0.25, -0.2) is 4.79 Å². The number of rotatable bonds is 7. The van der Waals surface area contributed by atoms with Crippen LogP contribution in [0.2, 0.25) is 0 Å². The molecule has 0 atom stereocenters. The summed E-state index contributed by atoms with van der Waals surface area (Å²) in [6, 6.07) is 15.6. The molecule has 6 heteroatoms. The maximum Gasteiger partial charge on any atom is 0.347 e. The van der Waals surface area contributed by atoms with E-state index in [-0.39, 0.29) is 0 Å². The monoisotopic (exact) mass is 354 g/mol. The molecule has 0 spiro atoms. The van der Waals surface area contributed by atoms with Crippen molar-refractivity contribution in [1.29, 1.82) is 0 Å². The van der Waals surface area contributed by atoms with Gasteiger partial charge in [0.05, 0.1) is 0 Å². The first-order valence-corrected chi connectivity index (χ1v) is 8.51. The Balaban J connectivity index is 1.80. The molecule has 1 heterocycles. The number of carboxylic acids is 1. The summed E-state index contributed by atoms with van der Waals surface area (Å²) in [5.41, 5.74) is 1.26. The van der Waals surface area contributed by atoms with Gasteiger partial charge in [-0.05, 0) is 50.6 Å².